The summed E-state index contributed by atoms with van der Waals surface area (Å²) in [5, 5.41) is 54.2. The highest BCUT2D eigenvalue weighted by Gasteiger charge is 2.44. The summed E-state index contributed by atoms with van der Waals surface area (Å²) in [5.41, 5.74) is 0. The van der Waals surface area contributed by atoms with E-state index in [2.05, 4.69) is 55.6 Å². The van der Waals surface area contributed by atoms with Crippen molar-refractivity contribution in [2.75, 3.05) is 13.2 Å². The van der Waals surface area contributed by atoms with E-state index >= 15 is 0 Å². The molecule has 1 amide bonds. The highest BCUT2D eigenvalue weighted by Crippen LogP contribution is 2.22. The molecule has 1 saturated heterocycles. The molecule has 1 heterocycles. The topological polar surface area (TPSA) is 149 Å². The lowest BCUT2D eigenvalue weighted by Gasteiger charge is -2.40. The van der Waals surface area contributed by atoms with Gasteiger partial charge in [-0.15, -0.1) is 0 Å². The molecule has 1 rings (SSSR count). The molecule has 0 aromatic rings. The van der Waals surface area contributed by atoms with Crippen molar-refractivity contribution in [1.29, 1.82) is 0 Å². The minimum atomic E-state index is -1.57. The summed E-state index contributed by atoms with van der Waals surface area (Å²) in [6.45, 7) is 3.65. The van der Waals surface area contributed by atoms with Gasteiger partial charge in [0.05, 0.1) is 25.4 Å². The fourth-order valence-corrected chi connectivity index (χ4v) is 7.50. The number of allylic oxidation sites excluding steroid dienone is 7. The van der Waals surface area contributed by atoms with Crippen molar-refractivity contribution < 1.29 is 39.8 Å². The zero-order valence-corrected chi connectivity index (χ0v) is 37.7. The summed E-state index contributed by atoms with van der Waals surface area (Å²) in [6.07, 6.45) is 44.4. The van der Waals surface area contributed by atoms with E-state index in [0.717, 1.165) is 51.4 Å². The number of carbonyl (C=O) groups is 1. The number of aliphatic hydroxyl groups is 5. The van der Waals surface area contributed by atoms with E-state index < -0.39 is 49.5 Å². The molecule has 0 spiro atoms. The van der Waals surface area contributed by atoms with Crippen LogP contribution in [-0.2, 0) is 14.3 Å². The maximum Gasteiger partial charge on any atom is 0.220 e. The molecule has 0 saturated carbocycles. The maximum atomic E-state index is 13.0. The molecule has 1 aliphatic rings. The normalized spacial score (nSPS) is 21.1. The molecule has 1 aliphatic heterocycles. The Hall–Kier alpha value is -1.85. The maximum absolute atomic E-state index is 13.0. The van der Waals surface area contributed by atoms with E-state index in [1.807, 2.05) is 6.08 Å². The van der Waals surface area contributed by atoms with Gasteiger partial charge in [-0.2, -0.15) is 0 Å². The Kier molecular flexibility index (Phi) is 37.6. The molecule has 344 valence electrons. The molecule has 59 heavy (non-hydrogen) atoms. The number of hydrogen-bond donors (Lipinski definition) is 6. The predicted octanol–water partition coefficient (Wildman–Crippen LogP) is 10.6. The first kappa shape index (κ1) is 55.2. The molecule has 9 nitrogen and oxygen atoms in total. The van der Waals surface area contributed by atoms with Crippen molar-refractivity contribution in [2.45, 2.75) is 249 Å². The minimum absolute atomic E-state index is 0.188. The molecule has 6 N–H and O–H groups in total. The second-order valence-corrected chi connectivity index (χ2v) is 16.9. The van der Waals surface area contributed by atoms with Gasteiger partial charge in [-0.1, -0.05) is 191 Å². The number of amides is 1. The minimum Gasteiger partial charge on any atom is -0.394 e. The first-order chi connectivity index (χ1) is 28.8. The van der Waals surface area contributed by atoms with E-state index in [0.29, 0.717) is 6.42 Å². The van der Waals surface area contributed by atoms with Crippen LogP contribution >= 0.6 is 0 Å². The molecule has 0 aromatic heterocycles. The van der Waals surface area contributed by atoms with Gasteiger partial charge in [0, 0.05) is 6.42 Å². The van der Waals surface area contributed by atoms with E-state index in [9.17, 15) is 30.3 Å². The number of aliphatic hydroxyl groups excluding tert-OH is 5. The highest BCUT2D eigenvalue weighted by molar-refractivity contribution is 5.76. The number of rotatable bonds is 40. The SMILES string of the molecule is CC/C=C\C/C=C\CCCCCCCCCCCCCCCCC(=O)NC(COC1OC(CO)C(O)C(O)C1O)C(O)/C=C/CC/C=C/CCCCCCCCCCC. The Morgan fingerprint density at radius 1 is 0.593 bits per heavy atom. The van der Waals surface area contributed by atoms with Gasteiger partial charge in [-0.25, -0.2) is 0 Å². The van der Waals surface area contributed by atoms with Crippen LogP contribution in [0.3, 0.4) is 0 Å². The lowest BCUT2D eigenvalue weighted by atomic mass is 9.99. The van der Waals surface area contributed by atoms with Crippen molar-refractivity contribution in [3.63, 3.8) is 0 Å². The smallest absolute Gasteiger partial charge is 0.220 e. The highest BCUT2D eigenvalue weighted by atomic mass is 16.7. The molecule has 0 aromatic carbocycles. The van der Waals surface area contributed by atoms with Crippen LogP contribution in [0.25, 0.3) is 0 Å². The lowest BCUT2D eigenvalue weighted by molar-refractivity contribution is -0.302. The largest absolute Gasteiger partial charge is 0.394 e. The van der Waals surface area contributed by atoms with Gasteiger partial charge < -0.3 is 40.3 Å². The van der Waals surface area contributed by atoms with Gasteiger partial charge >= 0.3 is 0 Å². The van der Waals surface area contributed by atoms with Gasteiger partial charge in [0.1, 0.15) is 24.4 Å². The third-order valence-corrected chi connectivity index (χ3v) is 11.4. The Labute approximate surface area is 361 Å². The Morgan fingerprint density at radius 2 is 1.07 bits per heavy atom. The van der Waals surface area contributed by atoms with E-state index in [1.165, 1.54) is 135 Å². The molecule has 1 fully saturated rings. The van der Waals surface area contributed by atoms with Crippen LogP contribution in [0.4, 0.5) is 0 Å². The fourth-order valence-electron chi connectivity index (χ4n) is 7.50. The van der Waals surface area contributed by atoms with Crippen molar-refractivity contribution in [2.24, 2.45) is 0 Å². The van der Waals surface area contributed by atoms with Crippen molar-refractivity contribution >= 4 is 5.91 Å². The van der Waals surface area contributed by atoms with Gasteiger partial charge in [-0.3, -0.25) is 4.79 Å². The van der Waals surface area contributed by atoms with Gasteiger partial charge in [0.2, 0.25) is 5.91 Å². The quantitative estimate of drug-likeness (QED) is 0.0264. The number of hydrogen-bond acceptors (Lipinski definition) is 8. The van der Waals surface area contributed by atoms with Crippen LogP contribution in [-0.4, -0.2) is 87.5 Å². The summed E-state index contributed by atoms with van der Waals surface area (Å²) in [7, 11) is 0. The van der Waals surface area contributed by atoms with Crippen LogP contribution in [0.15, 0.2) is 48.6 Å². The van der Waals surface area contributed by atoms with Crippen LogP contribution in [0.2, 0.25) is 0 Å². The van der Waals surface area contributed by atoms with E-state index in [4.69, 9.17) is 9.47 Å². The summed E-state index contributed by atoms with van der Waals surface area (Å²) >= 11 is 0. The summed E-state index contributed by atoms with van der Waals surface area (Å²) in [4.78, 5) is 13.0. The third-order valence-electron chi connectivity index (χ3n) is 11.4. The van der Waals surface area contributed by atoms with E-state index in [1.54, 1.807) is 6.08 Å². The van der Waals surface area contributed by atoms with Crippen LogP contribution in [0.1, 0.15) is 206 Å². The molecule has 0 radical (unpaired) electrons. The second-order valence-electron chi connectivity index (χ2n) is 16.9. The van der Waals surface area contributed by atoms with Crippen LogP contribution in [0, 0.1) is 0 Å². The molecule has 0 aliphatic carbocycles. The van der Waals surface area contributed by atoms with Crippen LogP contribution < -0.4 is 5.32 Å². The number of ether oxygens (including phenoxy) is 2. The summed E-state index contributed by atoms with van der Waals surface area (Å²) in [5.74, 6) is -0.188. The van der Waals surface area contributed by atoms with E-state index in [-0.39, 0.29) is 12.5 Å². The second kappa shape index (κ2) is 40.2. The Balaban J connectivity index is 2.32. The van der Waals surface area contributed by atoms with Gasteiger partial charge in [0.15, 0.2) is 6.29 Å². The molecular formula is C50H91NO8. The summed E-state index contributed by atoms with van der Waals surface area (Å²) in [6, 6.07) is -0.821. The molecular weight excluding hydrogens is 743 g/mol. The molecule has 9 heteroatoms. The van der Waals surface area contributed by atoms with Crippen LogP contribution in [0.5, 0.6) is 0 Å². The first-order valence-electron chi connectivity index (χ1n) is 24.4. The van der Waals surface area contributed by atoms with Crippen molar-refractivity contribution in [1.82, 2.24) is 5.32 Å². The molecule has 0 bridgehead atoms. The Bertz CT molecular complexity index is 1060. The Morgan fingerprint density at radius 3 is 1.61 bits per heavy atom. The first-order valence-corrected chi connectivity index (χ1v) is 24.4. The number of carbonyl (C=O) groups excluding carboxylic acids is 1. The van der Waals surface area contributed by atoms with Gasteiger partial charge in [0.25, 0.3) is 0 Å². The van der Waals surface area contributed by atoms with Gasteiger partial charge in [-0.05, 0) is 57.8 Å². The molecule has 7 unspecified atom stereocenters. The third kappa shape index (κ3) is 30.8. The van der Waals surface area contributed by atoms with Crippen molar-refractivity contribution in [3.8, 4) is 0 Å². The average molecular weight is 834 g/mol. The predicted molar refractivity (Wildman–Crippen MR) is 244 cm³/mol. The fraction of sp³-hybridized carbons (Fsp3) is 0.820. The standard InChI is InChI=1S/C50H91NO8/c1-3-5-7-9-11-13-15-17-19-20-21-22-23-24-26-28-30-32-34-36-38-40-46(54)51-43(42-58-50-49(57)48(56)47(55)45(41-52)59-50)44(53)39-37-35-33-31-29-27-25-18-16-14-12-10-8-6-4-2/h5,7,11,13,29,31,37,39,43-45,47-50,52-53,55-57H,3-4,6,8-10,12,14-28,30,32-36,38,40-42H2,1-2H3,(H,51,54)/b7-5-,13-11-,31-29+,39-37+. The zero-order valence-electron chi connectivity index (χ0n) is 37.7. The number of unbranched alkanes of at least 4 members (excludes halogenated alkanes) is 24. The monoisotopic (exact) mass is 834 g/mol. The lowest BCUT2D eigenvalue weighted by Crippen LogP contribution is -2.60. The summed E-state index contributed by atoms with van der Waals surface area (Å²) < 4.78 is 11.2. The average Bonchev–Trinajstić information content (AvgIpc) is 3.23. The molecule has 7 atom stereocenters. The van der Waals surface area contributed by atoms with Crippen molar-refractivity contribution in [3.05, 3.63) is 48.6 Å². The zero-order chi connectivity index (χ0) is 43.0. The number of nitrogens with one attached hydrogen (secondary N) is 1.